The van der Waals surface area contributed by atoms with Crippen molar-refractivity contribution in [2.24, 2.45) is 0 Å². The van der Waals surface area contributed by atoms with Crippen LogP contribution in [0.1, 0.15) is 12.0 Å². The van der Waals surface area contributed by atoms with E-state index < -0.39 is 12.2 Å². The summed E-state index contributed by atoms with van der Waals surface area (Å²) in [5.74, 6) is 0.732. The molecule has 1 fully saturated rings. The zero-order valence-corrected chi connectivity index (χ0v) is 11.0. The van der Waals surface area contributed by atoms with Gasteiger partial charge < -0.3 is 19.8 Å². The third-order valence-corrected chi connectivity index (χ3v) is 3.37. The Balaban J connectivity index is 1.86. The summed E-state index contributed by atoms with van der Waals surface area (Å²) in [4.78, 5) is 13.4. The van der Waals surface area contributed by atoms with Crippen molar-refractivity contribution in [3.05, 3.63) is 29.8 Å². The normalized spacial score (nSPS) is 22.6. The third kappa shape index (κ3) is 3.45. The summed E-state index contributed by atoms with van der Waals surface area (Å²) in [7, 11) is 1.61. The number of methoxy groups -OCH3 is 1. The van der Waals surface area contributed by atoms with Gasteiger partial charge in [0.1, 0.15) is 5.75 Å². The number of hydrogen-bond acceptors (Lipinski definition) is 4. The maximum atomic E-state index is 11.9. The van der Waals surface area contributed by atoms with Crippen LogP contribution in [-0.4, -0.2) is 53.4 Å². The number of β-amino-alcohol motifs (C(OH)–C–C–N with tert-alkyl or cyclic N) is 2. The molecule has 0 saturated carbocycles. The van der Waals surface area contributed by atoms with E-state index in [2.05, 4.69) is 0 Å². The Morgan fingerprint density at radius 3 is 2.68 bits per heavy atom. The molecule has 0 bridgehead atoms. The van der Waals surface area contributed by atoms with E-state index in [-0.39, 0.29) is 19.0 Å². The average molecular weight is 265 g/mol. The van der Waals surface area contributed by atoms with Crippen LogP contribution < -0.4 is 4.74 Å². The van der Waals surface area contributed by atoms with Crippen LogP contribution in [0.25, 0.3) is 0 Å². The Labute approximate surface area is 112 Å². The highest BCUT2D eigenvalue weighted by molar-refractivity contribution is 5.77. The number of carbonyl (C=O) groups is 1. The number of aliphatic hydroxyl groups excluding tert-OH is 2. The number of amides is 1. The Kier molecular flexibility index (Phi) is 4.39. The second kappa shape index (κ2) is 6.04. The van der Waals surface area contributed by atoms with E-state index >= 15 is 0 Å². The maximum Gasteiger partial charge on any atom is 0.223 e. The lowest BCUT2D eigenvalue weighted by molar-refractivity contribution is -0.130. The van der Waals surface area contributed by atoms with Gasteiger partial charge >= 0.3 is 0 Å². The Hall–Kier alpha value is -1.59. The molecule has 0 aromatic heterocycles. The molecule has 0 radical (unpaired) electrons. The number of aryl methyl sites for hydroxylation is 1. The van der Waals surface area contributed by atoms with Gasteiger partial charge in [0.05, 0.1) is 19.3 Å². The van der Waals surface area contributed by atoms with Crippen LogP contribution in [0.3, 0.4) is 0 Å². The highest BCUT2D eigenvalue weighted by Gasteiger charge is 2.31. The summed E-state index contributed by atoms with van der Waals surface area (Å²) in [6.45, 7) is 0.441. The molecule has 2 rings (SSSR count). The molecule has 104 valence electrons. The second-order valence-corrected chi connectivity index (χ2v) is 4.78. The van der Waals surface area contributed by atoms with Crippen LogP contribution in [0.2, 0.25) is 0 Å². The van der Waals surface area contributed by atoms with Crippen molar-refractivity contribution in [3.8, 4) is 5.75 Å². The van der Waals surface area contributed by atoms with Crippen LogP contribution in [0.4, 0.5) is 0 Å². The average Bonchev–Trinajstić information content (AvgIpc) is 2.76. The van der Waals surface area contributed by atoms with Gasteiger partial charge in [-0.25, -0.2) is 0 Å². The van der Waals surface area contributed by atoms with Crippen molar-refractivity contribution in [1.29, 1.82) is 0 Å². The molecule has 2 atom stereocenters. The first-order valence-corrected chi connectivity index (χ1v) is 6.37. The van der Waals surface area contributed by atoms with Crippen molar-refractivity contribution < 1.29 is 19.7 Å². The highest BCUT2D eigenvalue weighted by atomic mass is 16.5. The number of aliphatic hydroxyl groups is 2. The quantitative estimate of drug-likeness (QED) is 0.815. The van der Waals surface area contributed by atoms with Crippen molar-refractivity contribution >= 4 is 5.91 Å². The van der Waals surface area contributed by atoms with Gasteiger partial charge in [-0.3, -0.25) is 4.79 Å². The summed E-state index contributed by atoms with van der Waals surface area (Å²) >= 11 is 0. The van der Waals surface area contributed by atoms with E-state index in [1.54, 1.807) is 7.11 Å². The predicted molar refractivity (Wildman–Crippen MR) is 69.9 cm³/mol. The Morgan fingerprint density at radius 2 is 2.05 bits per heavy atom. The molecule has 1 heterocycles. The zero-order valence-electron chi connectivity index (χ0n) is 11.0. The highest BCUT2D eigenvalue weighted by Crippen LogP contribution is 2.16. The minimum absolute atomic E-state index is 0.0431. The minimum atomic E-state index is -0.819. The van der Waals surface area contributed by atoms with Gasteiger partial charge in [0, 0.05) is 19.5 Å². The molecule has 1 aliphatic rings. The largest absolute Gasteiger partial charge is 0.497 e. The van der Waals surface area contributed by atoms with E-state index in [1.807, 2.05) is 24.3 Å². The fraction of sp³-hybridized carbons (Fsp3) is 0.500. The van der Waals surface area contributed by atoms with Gasteiger partial charge in [-0.2, -0.15) is 0 Å². The van der Waals surface area contributed by atoms with Crippen molar-refractivity contribution in [2.45, 2.75) is 25.0 Å². The van der Waals surface area contributed by atoms with E-state index in [4.69, 9.17) is 4.74 Å². The molecule has 1 amide bonds. The molecular formula is C14H19NO4. The molecule has 1 aliphatic heterocycles. The molecule has 5 heteroatoms. The number of rotatable bonds is 4. The van der Waals surface area contributed by atoms with Crippen LogP contribution >= 0.6 is 0 Å². The fourth-order valence-corrected chi connectivity index (χ4v) is 2.21. The molecule has 1 aromatic carbocycles. The van der Waals surface area contributed by atoms with Gasteiger partial charge in [-0.05, 0) is 24.1 Å². The van der Waals surface area contributed by atoms with Gasteiger partial charge in [0.25, 0.3) is 0 Å². The molecule has 0 aliphatic carbocycles. The van der Waals surface area contributed by atoms with E-state index in [0.29, 0.717) is 12.8 Å². The van der Waals surface area contributed by atoms with Gasteiger partial charge in [-0.1, -0.05) is 12.1 Å². The molecule has 0 spiro atoms. The SMILES string of the molecule is COc1cccc(CCC(=O)N2C[C@@H](O)[C@@H](O)C2)c1. The lowest BCUT2D eigenvalue weighted by atomic mass is 10.1. The maximum absolute atomic E-state index is 11.9. The Bertz CT molecular complexity index is 439. The van der Waals surface area contributed by atoms with Crippen LogP contribution in [0.15, 0.2) is 24.3 Å². The monoisotopic (exact) mass is 265 g/mol. The van der Waals surface area contributed by atoms with Crippen LogP contribution in [-0.2, 0) is 11.2 Å². The van der Waals surface area contributed by atoms with Gasteiger partial charge in [0.15, 0.2) is 0 Å². The lowest BCUT2D eigenvalue weighted by Gasteiger charge is -2.15. The molecule has 19 heavy (non-hydrogen) atoms. The molecule has 0 unspecified atom stereocenters. The summed E-state index contributed by atoms with van der Waals surface area (Å²) in [5.41, 5.74) is 1.04. The van der Waals surface area contributed by atoms with Crippen molar-refractivity contribution in [3.63, 3.8) is 0 Å². The summed E-state index contributed by atoms with van der Waals surface area (Å²) in [6.07, 6.45) is -0.646. The van der Waals surface area contributed by atoms with Crippen LogP contribution in [0.5, 0.6) is 5.75 Å². The number of hydrogen-bond donors (Lipinski definition) is 2. The molecule has 2 N–H and O–H groups in total. The topological polar surface area (TPSA) is 70.0 Å². The fourth-order valence-electron chi connectivity index (χ4n) is 2.21. The molecule has 5 nitrogen and oxygen atoms in total. The van der Waals surface area contributed by atoms with E-state index in [0.717, 1.165) is 11.3 Å². The van der Waals surface area contributed by atoms with Gasteiger partial charge in [0.2, 0.25) is 5.91 Å². The number of likely N-dealkylation sites (tertiary alicyclic amines) is 1. The Morgan fingerprint density at radius 1 is 1.37 bits per heavy atom. The number of benzene rings is 1. The molecule has 1 saturated heterocycles. The molecular weight excluding hydrogens is 246 g/mol. The first kappa shape index (κ1) is 13.8. The number of ether oxygens (including phenoxy) is 1. The zero-order chi connectivity index (χ0) is 13.8. The van der Waals surface area contributed by atoms with Crippen LogP contribution in [0, 0.1) is 0 Å². The minimum Gasteiger partial charge on any atom is -0.497 e. The van der Waals surface area contributed by atoms with Crippen molar-refractivity contribution in [2.75, 3.05) is 20.2 Å². The first-order valence-electron chi connectivity index (χ1n) is 6.37. The predicted octanol–water partition coefficient (Wildman–Crippen LogP) is 0.192. The van der Waals surface area contributed by atoms with E-state index in [9.17, 15) is 15.0 Å². The standard InChI is InChI=1S/C14H19NO4/c1-19-11-4-2-3-10(7-11)5-6-14(18)15-8-12(16)13(17)9-15/h2-4,7,12-13,16-17H,5-6,8-9H2,1H3/t12-,13+. The summed E-state index contributed by atoms with van der Waals surface area (Å²) in [5, 5.41) is 18.8. The summed E-state index contributed by atoms with van der Waals surface area (Å²) in [6, 6.07) is 7.60. The molecule has 1 aromatic rings. The lowest BCUT2D eigenvalue weighted by Crippen LogP contribution is -2.29. The summed E-state index contributed by atoms with van der Waals surface area (Å²) < 4.78 is 5.13. The number of carbonyl (C=O) groups excluding carboxylic acids is 1. The van der Waals surface area contributed by atoms with E-state index in [1.165, 1.54) is 4.90 Å². The first-order chi connectivity index (χ1) is 9.10. The smallest absolute Gasteiger partial charge is 0.223 e. The third-order valence-electron chi connectivity index (χ3n) is 3.37. The van der Waals surface area contributed by atoms with Gasteiger partial charge in [-0.15, -0.1) is 0 Å². The second-order valence-electron chi connectivity index (χ2n) is 4.78. The number of nitrogens with zero attached hydrogens (tertiary/aromatic N) is 1. The van der Waals surface area contributed by atoms with Crippen molar-refractivity contribution in [1.82, 2.24) is 4.90 Å².